The van der Waals surface area contributed by atoms with Crippen molar-refractivity contribution in [2.75, 3.05) is 5.32 Å². The third-order valence-electron chi connectivity index (χ3n) is 4.08. The van der Waals surface area contributed by atoms with Crippen LogP contribution in [0.3, 0.4) is 0 Å². The van der Waals surface area contributed by atoms with Crippen LogP contribution in [0, 0.1) is 0 Å². The van der Waals surface area contributed by atoms with Crippen LogP contribution in [-0.4, -0.2) is 32.1 Å². The predicted octanol–water partition coefficient (Wildman–Crippen LogP) is 2.30. The van der Waals surface area contributed by atoms with Gasteiger partial charge < -0.3 is 5.32 Å². The summed E-state index contributed by atoms with van der Waals surface area (Å²) >= 11 is 0. The van der Waals surface area contributed by atoms with Gasteiger partial charge in [0.2, 0.25) is 5.91 Å². The van der Waals surface area contributed by atoms with Crippen molar-refractivity contribution < 1.29 is 4.79 Å². The van der Waals surface area contributed by atoms with Crippen molar-refractivity contribution in [1.82, 2.24) is 25.5 Å². The van der Waals surface area contributed by atoms with Gasteiger partial charge in [0.15, 0.2) is 5.82 Å². The largest absolute Gasteiger partial charge is 0.324 e. The van der Waals surface area contributed by atoms with Gasteiger partial charge in [-0.15, -0.1) is 0 Å². The second-order valence-electron chi connectivity index (χ2n) is 6.06. The summed E-state index contributed by atoms with van der Waals surface area (Å²) in [5, 5.41) is 13.1. The lowest BCUT2D eigenvalue weighted by Gasteiger charge is -2.18. The zero-order valence-electron chi connectivity index (χ0n) is 13.5. The van der Waals surface area contributed by atoms with Gasteiger partial charge in [0.05, 0.1) is 0 Å². The number of nitrogens with one attached hydrogen (secondary N) is 3. The van der Waals surface area contributed by atoms with Crippen LogP contribution in [-0.2, 0) is 4.79 Å². The second kappa shape index (κ2) is 6.82. The fourth-order valence-corrected chi connectivity index (χ4v) is 2.66. The van der Waals surface area contributed by atoms with E-state index in [1.54, 1.807) is 12.4 Å². The lowest BCUT2D eigenvalue weighted by Crippen LogP contribution is -2.34. The predicted molar refractivity (Wildman–Crippen MR) is 93.6 cm³/mol. The standard InChI is InChI=1S/C18H18N6O/c25-18(16(22-14-6-7-14)13-4-2-8-19-10-13)23-15-5-1-3-12(9-15)17-20-11-21-24-17/h1-5,8-11,14,16,22H,6-7H2,(H,23,25)(H,20,21,24). The number of rotatable bonds is 6. The van der Waals surface area contributed by atoms with Crippen LogP contribution in [0.2, 0.25) is 0 Å². The molecule has 4 rings (SSSR count). The highest BCUT2D eigenvalue weighted by molar-refractivity contribution is 5.96. The number of amides is 1. The number of aromatic amines is 1. The maximum Gasteiger partial charge on any atom is 0.246 e. The van der Waals surface area contributed by atoms with Gasteiger partial charge in [-0.2, -0.15) is 5.10 Å². The summed E-state index contributed by atoms with van der Waals surface area (Å²) in [7, 11) is 0. The SMILES string of the molecule is O=C(Nc1cccc(-c2ncn[nH]2)c1)C(NC1CC1)c1cccnc1. The molecule has 0 radical (unpaired) electrons. The molecule has 0 aliphatic heterocycles. The molecule has 3 N–H and O–H groups in total. The molecule has 25 heavy (non-hydrogen) atoms. The van der Waals surface area contributed by atoms with E-state index in [0.717, 1.165) is 24.0 Å². The average Bonchev–Trinajstić information content (AvgIpc) is 3.30. The van der Waals surface area contributed by atoms with E-state index < -0.39 is 6.04 Å². The number of hydrogen-bond acceptors (Lipinski definition) is 5. The van der Waals surface area contributed by atoms with E-state index in [1.807, 2.05) is 36.4 Å². The van der Waals surface area contributed by atoms with Gasteiger partial charge in [-0.3, -0.25) is 20.2 Å². The molecule has 7 heteroatoms. The van der Waals surface area contributed by atoms with Crippen LogP contribution in [0.25, 0.3) is 11.4 Å². The molecule has 0 bridgehead atoms. The van der Waals surface area contributed by atoms with Crippen LogP contribution in [0.15, 0.2) is 55.1 Å². The first kappa shape index (κ1) is 15.5. The van der Waals surface area contributed by atoms with Gasteiger partial charge in [0.1, 0.15) is 12.4 Å². The zero-order chi connectivity index (χ0) is 17.1. The van der Waals surface area contributed by atoms with Crippen molar-refractivity contribution in [3.63, 3.8) is 0 Å². The molecule has 1 aliphatic carbocycles. The molecule has 2 heterocycles. The molecule has 2 aromatic heterocycles. The number of carbonyl (C=O) groups excluding carboxylic acids is 1. The Kier molecular flexibility index (Phi) is 4.22. The molecule has 126 valence electrons. The van der Waals surface area contributed by atoms with Crippen LogP contribution in [0.5, 0.6) is 0 Å². The van der Waals surface area contributed by atoms with Crippen molar-refractivity contribution in [2.45, 2.75) is 24.9 Å². The highest BCUT2D eigenvalue weighted by Gasteiger charge is 2.29. The number of benzene rings is 1. The zero-order valence-corrected chi connectivity index (χ0v) is 13.5. The van der Waals surface area contributed by atoms with Gasteiger partial charge in [0, 0.05) is 29.7 Å². The minimum Gasteiger partial charge on any atom is -0.324 e. The lowest BCUT2D eigenvalue weighted by molar-refractivity contribution is -0.118. The first-order valence-electron chi connectivity index (χ1n) is 8.22. The van der Waals surface area contributed by atoms with Crippen LogP contribution in [0.1, 0.15) is 24.4 Å². The number of H-pyrrole nitrogens is 1. The molecule has 0 spiro atoms. The maximum atomic E-state index is 12.8. The van der Waals surface area contributed by atoms with Crippen LogP contribution >= 0.6 is 0 Å². The van der Waals surface area contributed by atoms with Gasteiger partial charge in [-0.25, -0.2) is 4.98 Å². The quantitative estimate of drug-likeness (QED) is 0.643. The fraction of sp³-hybridized carbons (Fsp3) is 0.222. The van der Waals surface area contributed by atoms with E-state index in [4.69, 9.17) is 0 Å². The van der Waals surface area contributed by atoms with Gasteiger partial charge in [-0.1, -0.05) is 18.2 Å². The minimum absolute atomic E-state index is 0.102. The molecule has 1 atom stereocenters. The molecule has 1 saturated carbocycles. The van der Waals surface area contributed by atoms with E-state index in [-0.39, 0.29) is 5.91 Å². The van der Waals surface area contributed by atoms with Crippen molar-refractivity contribution in [1.29, 1.82) is 0 Å². The first-order chi connectivity index (χ1) is 12.3. The summed E-state index contributed by atoms with van der Waals surface area (Å²) in [6.07, 6.45) is 7.09. The normalized spacial score (nSPS) is 14.9. The number of aromatic nitrogens is 4. The third-order valence-corrected chi connectivity index (χ3v) is 4.08. The Bertz CT molecular complexity index is 845. The number of pyridine rings is 1. The highest BCUT2D eigenvalue weighted by atomic mass is 16.2. The van der Waals surface area contributed by atoms with Gasteiger partial charge >= 0.3 is 0 Å². The van der Waals surface area contributed by atoms with E-state index in [1.165, 1.54) is 6.33 Å². The number of anilines is 1. The Labute approximate surface area is 144 Å². The molecule has 1 aliphatic rings. The summed E-state index contributed by atoms with van der Waals surface area (Å²) in [4.78, 5) is 21.1. The smallest absolute Gasteiger partial charge is 0.246 e. The summed E-state index contributed by atoms with van der Waals surface area (Å²) in [6.45, 7) is 0. The fourth-order valence-electron chi connectivity index (χ4n) is 2.66. The average molecular weight is 334 g/mol. The maximum absolute atomic E-state index is 12.8. The Morgan fingerprint density at radius 2 is 2.16 bits per heavy atom. The molecule has 1 amide bonds. The summed E-state index contributed by atoms with van der Waals surface area (Å²) in [6, 6.07) is 11.3. The second-order valence-corrected chi connectivity index (χ2v) is 6.06. The van der Waals surface area contributed by atoms with Crippen LogP contribution < -0.4 is 10.6 Å². The molecular formula is C18H18N6O. The molecule has 3 aromatic rings. The minimum atomic E-state index is -0.421. The summed E-state index contributed by atoms with van der Waals surface area (Å²) < 4.78 is 0. The molecule has 1 unspecified atom stereocenters. The molecule has 1 fully saturated rings. The van der Waals surface area contributed by atoms with E-state index in [9.17, 15) is 4.79 Å². The summed E-state index contributed by atoms with van der Waals surface area (Å²) in [5.41, 5.74) is 2.44. The van der Waals surface area contributed by atoms with E-state index in [2.05, 4.69) is 30.8 Å². The molecule has 7 nitrogen and oxygen atoms in total. The van der Waals surface area contributed by atoms with E-state index in [0.29, 0.717) is 17.6 Å². The molecule has 0 saturated heterocycles. The number of nitrogens with zero attached hydrogens (tertiary/aromatic N) is 3. The lowest BCUT2D eigenvalue weighted by atomic mass is 10.1. The monoisotopic (exact) mass is 334 g/mol. The third kappa shape index (κ3) is 3.72. The van der Waals surface area contributed by atoms with Crippen molar-refractivity contribution in [3.05, 3.63) is 60.7 Å². The Morgan fingerprint density at radius 1 is 1.24 bits per heavy atom. The van der Waals surface area contributed by atoms with Gasteiger partial charge in [0.25, 0.3) is 0 Å². The van der Waals surface area contributed by atoms with Crippen LogP contribution in [0.4, 0.5) is 5.69 Å². The van der Waals surface area contributed by atoms with Crippen molar-refractivity contribution in [3.8, 4) is 11.4 Å². The van der Waals surface area contributed by atoms with E-state index >= 15 is 0 Å². The summed E-state index contributed by atoms with van der Waals surface area (Å²) in [5.74, 6) is 0.561. The topological polar surface area (TPSA) is 95.6 Å². The van der Waals surface area contributed by atoms with Crippen molar-refractivity contribution in [2.24, 2.45) is 0 Å². The Balaban J connectivity index is 1.54. The molecule has 1 aromatic carbocycles. The molecular weight excluding hydrogens is 316 g/mol. The highest BCUT2D eigenvalue weighted by Crippen LogP contribution is 2.25. The number of carbonyl (C=O) groups is 1. The van der Waals surface area contributed by atoms with Gasteiger partial charge in [-0.05, 0) is 36.6 Å². The first-order valence-corrected chi connectivity index (χ1v) is 8.22. The Hall–Kier alpha value is -3.06. The van der Waals surface area contributed by atoms with Crippen molar-refractivity contribution >= 4 is 11.6 Å². The number of hydrogen-bond donors (Lipinski definition) is 3. The Morgan fingerprint density at radius 3 is 2.88 bits per heavy atom.